The van der Waals surface area contributed by atoms with Crippen molar-refractivity contribution in [1.82, 2.24) is 0 Å². The molecule has 84 valence electrons. The number of methoxy groups -OCH3 is 1. The lowest BCUT2D eigenvalue weighted by Gasteiger charge is -2.09. The highest BCUT2D eigenvalue weighted by Gasteiger charge is 2.15. The first-order valence-electron chi connectivity index (χ1n) is 4.72. The number of nitriles is 1. The Morgan fingerprint density at radius 2 is 2.13 bits per heavy atom. The minimum absolute atomic E-state index is 0.109. The number of hydrogen-bond donors (Lipinski definition) is 0. The molecule has 0 N–H and O–H groups in total. The van der Waals surface area contributed by atoms with Crippen molar-refractivity contribution in [3.8, 4) is 6.07 Å². The molecule has 0 aromatic carbocycles. The average Bonchev–Trinajstić information content (AvgIpc) is 2.25. The Bertz CT molecular complexity index is 257. The minimum atomic E-state index is -0.380. The summed E-state index contributed by atoms with van der Waals surface area (Å²) in [5.41, 5.74) is 0. The fourth-order valence-corrected chi connectivity index (χ4v) is 0.894. The van der Waals surface area contributed by atoms with E-state index in [-0.39, 0.29) is 37.3 Å². The summed E-state index contributed by atoms with van der Waals surface area (Å²) in [5, 5.41) is 8.22. The van der Waals surface area contributed by atoms with E-state index in [0.717, 1.165) is 0 Å². The fourth-order valence-electron chi connectivity index (χ4n) is 0.894. The molecule has 1 unspecified atom stereocenters. The van der Waals surface area contributed by atoms with Crippen LogP contribution in [0.15, 0.2) is 0 Å². The summed E-state index contributed by atoms with van der Waals surface area (Å²) in [6.07, 6.45) is 0.790. The Labute approximate surface area is 89.0 Å². The summed E-state index contributed by atoms with van der Waals surface area (Å²) < 4.78 is 9.24. The molecule has 0 amide bonds. The third-order valence-corrected chi connectivity index (χ3v) is 1.87. The van der Waals surface area contributed by atoms with Crippen molar-refractivity contribution in [3.63, 3.8) is 0 Å². The van der Waals surface area contributed by atoms with Crippen molar-refractivity contribution in [2.45, 2.75) is 26.2 Å². The van der Waals surface area contributed by atoms with E-state index in [1.807, 2.05) is 6.07 Å². The van der Waals surface area contributed by atoms with Crippen molar-refractivity contribution in [1.29, 1.82) is 5.26 Å². The second-order valence-corrected chi connectivity index (χ2v) is 3.09. The molecular formula is C10H15NO4. The van der Waals surface area contributed by atoms with Crippen LogP contribution >= 0.6 is 0 Å². The topological polar surface area (TPSA) is 76.4 Å². The van der Waals surface area contributed by atoms with Crippen LogP contribution in [0, 0.1) is 17.2 Å². The van der Waals surface area contributed by atoms with Crippen LogP contribution in [0.1, 0.15) is 26.2 Å². The molecule has 0 aliphatic heterocycles. The van der Waals surface area contributed by atoms with Gasteiger partial charge in [-0.3, -0.25) is 9.59 Å². The van der Waals surface area contributed by atoms with Gasteiger partial charge in [0.25, 0.3) is 0 Å². The highest BCUT2D eigenvalue weighted by atomic mass is 16.5. The van der Waals surface area contributed by atoms with Crippen LogP contribution in [0.25, 0.3) is 0 Å². The third-order valence-electron chi connectivity index (χ3n) is 1.87. The van der Waals surface area contributed by atoms with E-state index < -0.39 is 0 Å². The zero-order chi connectivity index (χ0) is 11.7. The summed E-state index contributed by atoms with van der Waals surface area (Å²) in [5.74, 6) is -1.07. The van der Waals surface area contributed by atoms with Crippen LogP contribution in [-0.4, -0.2) is 25.7 Å². The number of rotatable bonds is 6. The summed E-state index contributed by atoms with van der Waals surface area (Å²) in [6.45, 7) is 1.79. The Hall–Kier alpha value is -1.57. The summed E-state index contributed by atoms with van der Waals surface area (Å²) in [4.78, 5) is 22.0. The minimum Gasteiger partial charge on any atom is -0.469 e. The van der Waals surface area contributed by atoms with Crippen LogP contribution in [0.5, 0.6) is 0 Å². The Morgan fingerprint density at radius 1 is 1.47 bits per heavy atom. The zero-order valence-corrected chi connectivity index (χ0v) is 8.99. The van der Waals surface area contributed by atoms with Gasteiger partial charge in [-0.1, -0.05) is 6.92 Å². The zero-order valence-electron chi connectivity index (χ0n) is 8.99. The lowest BCUT2D eigenvalue weighted by Crippen LogP contribution is -2.16. The molecule has 0 spiro atoms. The highest BCUT2D eigenvalue weighted by Crippen LogP contribution is 2.08. The van der Waals surface area contributed by atoms with Gasteiger partial charge >= 0.3 is 11.9 Å². The van der Waals surface area contributed by atoms with Gasteiger partial charge in [0.15, 0.2) is 0 Å². The number of esters is 2. The Kier molecular flexibility index (Phi) is 6.98. The lowest BCUT2D eigenvalue weighted by atomic mass is 10.1. The van der Waals surface area contributed by atoms with Gasteiger partial charge in [0, 0.05) is 6.42 Å². The van der Waals surface area contributed by atoms with E-state index in [2.05, 4.69) is 4.74 Å². The SMILES string of the molecule is COC(=O)CCC(C)C(=O)OCCC#N. The molecule has 0 aromatic rings. The first kappa shape index (κ1) is 13.4. The van der Waals surface area contributed by atoms with Gasteiger partial charge in [-0.05, 0) is 6.42 Å². The maximum atomic E-state index is 11.2. The third kappa shape index (κ3) is 6.49. The molecule has 0 aliphatic rings. The standard InChI is InChI=1S/C10H15NO4/c1-8(4-5-9(12)14-2)10(13)15-7-3-6-11/h8H,3-5,7H2,1-2H3. The second-order valence-electron chi connectivity index (χ2n) is 3.09. The molecule has 0 saturated carbocycles. The maximum absolute atomic E-state index is 11.2. The van der Waals surface area contributed by atoms with Crippen LogP contribution in [0.3, 0.4) is 0 Å². The normalized spacial score (nSPS) is 11.3. The predicted molar refractivity (Wildman–Crippen MR) is 51.6 cm³/mol. The van der Waals surface area contributed by atoms with Crippen LogP contribution < -0.4 is 0 Å². The van der Waals surface area contributed by atoms with Crippen molar-refractivity contribution < 1.29 is 19.1 Å². The van der Waals surface area contributed by atoms with Gasteiger partial charge in [0.2, 0.25) is 0 Å². The monoisotopic (exact) mass is 213 g/mol. The summed E-state index contributed by atoms with van der Waals surface area (Å²) >= 11 is 0. The van der Waals surface area contributed by atoms with E-state index in [4.69, 9.17) is 10.00 Å². The molecule has 0 radical (unpaired) electrons. The lowest BCUT2D eigenvalue weighted by molar-refractivity contribution is -0.148. The van der Waals surface area contributed by atoms with Crippen molar-refractivity contribution in [2.75, 3.05) is 13.7 Å². The van der Waals surface area contributed by atoms with Crippen molar-refractivity contribution in [3.05, 3.63) is 0 Å². The summed E-state index contributed by atoms with van der Waals surface area (Å²) in [7, 11) is 1.30. The Morgan fingerprint density at radius 3 is 2.67 bits per heavy atom. The molecule has 15 heavy (non-hydrogen) atoms. The van der Waals surface area contributed by atoms with E-state index in [1.165, 1.54) is 7.11 Å². The number of hydrogen-bond acceptors (Lipinski definition) is 5. The van der Waals surface area contributed by atoms with Gasteiger partial charge < -0.3 is 9.47 Å². The van der Waals surface area contributed by atoms with Gasteiger partial charge in [-0.2, -0.15) is 5.26 Å². The van der Waals surface area contributed by atoms with E-state index in [1.54, 1.807) is 6.92 Å². The predicted octanol–water partition coefficient (Wildman–Crippen LogP) is 1.03. The highest BCUT2D eigenvalue weighted by molar-refractivity contribution is 5.74. The first-order valence-corrected chi connectivity index (χ1v) is 4.72. The van der Waals surface area contributed by atoms with Gasteiger partial charge in [0.1, 0.15) is 6.61 Å². The largest absolute Gasteiger partial charge is 0.469 e. The van der Waals surface area contributed by atoms with Crippen LogP contribution in [0.2, 0.25) is 0 Å². The molecule has 0 saturated heterocycles. The number of nitrogens with zero attached hydrogens (tertiary/aromatic N) is 1. The Balaban J connectivity index is 3.70. The molecule has 0 bridgehead atoms. The molecule has 1 atom stereocenters. The molecular weight excluding hydrogens is 198 g/mol. The molecule has 0 aliphatic carbocycles. The van der Waals surface area contributed by atoms with E-state index in [9.17, 15) is 9.59 Å². The van der Waals surface area contributed by atoms with Crippen LogP contribution in [0.4, 0.5) is 0 Å². The van der Waals surface area contributed by atoms with Gasteiger partial charge in [0.05, 0.1) is 25.5 Å². The van der Waals surface area contributed by atoms with Crippen molar-refractivity contribution in [2.24, 2.45) is 5.92 Å². The smallest absolute Gasteiger partial charge is 0.308 e. The van der Waals surface area contributed by atoms with E-state index >= 15 is 0 Å². The maximum Gasteiger partial charge on any atom is 0.308 e. The average molecular weight is 213 g/mol. The molecule has 5 nitrogen and oxygen atoms in total. The van der Waals surface area contributed by atoms with Crippen molar-refractivity contribution >= 4 is 11.9 Å². The fraction of sp³-hybridized carbons (Fsp3) is 0.700. The quantitative estimate of drug-likeness (QED) is 0.486. The molecule has 0 heterocycles. The second kappa shape index (κ2) is 7.80. The number of carbonyl (C=O) groups excluding carboxylic acids is 2. The van der Waals surface area contributed by atoms with Crippen LogP contribution in [-0.2, 0) is 19.1 Å². The number of carbonyl (C=O) groups is 2. The molecule has 0 aromatic heterocycles. The number of ether oxygens (including phenoxy) is 2. The van der Waals surface area contributed by atoms with Gasteiger partial charge in [-0.25, -0.2) is 0 Å². The van der Waals surface area contributed by atoms with E-state index in [0.29, 0.717) is 6.42 Å². The molecule has 0 rings (SSSR count). The van der Waals surface area contributed by atoms with Gasteiger partial charge in [-0.15, -0.1) is 0 Å². The molecule has 0 fully saturated rings. The first-order chi connectivity index (χ1) is 7.11. The summed E-state index contributed by atoms with van der Waals surface area (Å²) in [6, 6.07) is 1.87. The molecule has 5 heteroatoms.